The molecule has 1 fully saturated rings. The van der Waals surface area contributed by atoms with Crippen molar-refractivity contribution in [1.82, 2.24) is 14.0 Å². The van der Waals surface area contributed by atoms with Crippen molar-refractivity contribution in [3.63, 3.8) is 0 Å². The molecule has 31 heavy (non-hydrogen) atoms. The molecule has 0 spiro atoms. The number of carbonyl (C=O) groups is 1. The van der Waals surface area contributed by atoms with Crippen molar-refractivity contribution in [3.05, 3.63) is 70.8 Å². The van der Waals surface area contributed by atoms with Gasteiger partial charge in [0.25, 0.3) is 11.5 Å². The zero-order chi connectivity index (χ0) is 22.2. The molecule has 0 aliphatic carbocycles. The first-order valence-electron chi connectivity index (χ1n) is 10.1. The summed E-state index contributed by atoms with van der Waals surface area (Å²) >= 11 is 0. The number of nitrogens with zero attached hydrogens (tertiary/aromatic N) is 3. The van der Waals surface area contributed by atoms with E-state index < -0.39 is 21.5 Å². The highest BCUT2D eigenvalue weighted by molar-refractivity contribution is 7.89. The molecule has 0 bridgehead atoms. The maximum absolute atomic E-state index is 13.0. The summed E-state index contributed by atoms with van der Waals surface area (Å²) in [6.45, 7) is 5.09. The van der Waals surface area contributed by atoms with Crippen LogP contribution in [0.1, 0.15) is 30.6 Å². The van der Waals surface area contributed by atoms with E-state index in [1.807, 2.05) is 0 Å². The Kier molecular flexibility index (Phi) is 5.63. The molecule has 2 atom stereocenters. The van der Waals surface area contributed by atoms with Crippen molar-refractivity contribution in [1.29, 1.82) is 0 Å². The number of hydrogen-bond donors (Lipinski definition) is 1. The van der Waals surface area contributed by atoms with Crippen molar-refractivity contribution in [2.45, 2.75) is 25.2 Å². The average Bonchev–Trinajstić information content (AvgIpc) is 2.75. The van der Waals surface area contributed by atoms with E-state index in [4.69, 9.17) is 0 Å². The number of carbonyl (C=O) groups excluding carboxylic acids is 1. The summed E-state index contributed by atoms with van der Waals surface area (Å²) in [6.07, 6.45) is 2.26. The van der Waals surface area contributed by atoms with Gasteiger partial charge in [-0.2, -0.15) is 4.31 Å². The van der Waals surface area contributed by atoms with Gasteiger partial charge < -0.3 is 0 Å². The van der Waals surface area contributed by atoms with E-state index in [0.717, 1.165) is 11.1 Å². The number of rotatable bonds is 4. The summed E-state index contributed by atoms with van der Waals surface area (Å²) < 4.78 is 28.5. The van der Waals surface area contributed by atoms with Crippen LogP contribution in [0.3, 0.4) is 0 Å². The number of amides is 1. The Hall–Kier alpha value is -3.04. The molecule has 4 rings (SSSR count). The van der Waals surface area contributed by atoms with E-state index in [0.29, 0.717) is 35.8 Å². The molecule has 0 saturated carbocycles. The molecule has 2 heterocycles. The SMILES string of the molecule is C[C@@H]1C[C@H](C)CN(S(=O)(=O)c2ccc(C(=O)Nn3cnc4ccccc4c3=O)cc2)C1. The highest BCUT2D eigenvalue weighted by Crippen LogP contribution is 2.26. The third-order valence-electron chi connectivity index (χ3n) is 5.48. The molecule has 1 aliphatic heterocycles. The first kappa shape index (κ1) is 21.2. The minimum absolute atomic E-state index is 0.148. The van der Waals surface area contributed by atoms with Crippen LogP contribution in [0.15, 0.2) is 64.5 Å². The van der Waals surface area contributed by atoms with Crippen LogP contribution in [-0.2, 0) is 10.0 Å². The van der Waals surface area contributed by atoms with Crippen LogP contribution < -0.4 is 11.0 Å². The molecular weight excluding hydrogens is 416 g/mol. The summed E-state index contributed by atoms with van der Waals surface area (Å²) in [7, 11) is -3.62. The van der Waals surface area contributed by atoms with Gasteiger partial charge in [0.2, 0.25) is 10.0 Å². The van der Waals surface area contributed by atoms with Gasteiger partial charge in [0.15, 0.2) is 0 Å². The number of benzene rings is 2. The van der Waals surface area contributed by atoms with Gasteiger partial charge >= 0.3 is 0 Å². The van der Waals surface area contributed by atoms with Gasteiger partial charge in [-0.1, -0.05) is 26.0 Å². The number of hydrogen-bond acceptors (Lipinski definition) is 5. The number of nitrogens with one attached hydrogen (secondary N) is 1. The van der Waals surface area contributed by atoms with Crippen LogP contribution in [0.25, 0.3) is 10.9 Å². The Labute approximate surface area is 180 Å². The molecule has 0 radical (unpaired) electrons. The first-order chi connectivity index (χ1) is 14.8. The second-order valence-corrected chi connectivity index (χ2v) is 10.1. The average molecular weight is 441 g/mol. The van der Waals surface area contributed by atoms with Gasteiger partial charge in [0.05, 0.1) is 15.8 Å². The molecule has 162 valence electrons. The summed E-state index contributed by atoms with van der Waals surface area (Å²) in [5, 5.41) is 0.386. The molecule has 3 aromatic rings. The lowest BCUT2D eigenvalue weighted by molar-refractivity contribution is 0.101. The predicted octanol–water partition coefficient (Wildman–Crippen LogP) is 2.45. The fourth-order valence-corrected chi connectivity index (χ4v) is 5.73. The molecule has 2 aromatic carbocycles. The van der Waals surface area contributed by atoms with Crippen LogP contribution in [0.2, 0.25) is 0 Å². The number of sulfonamides is 1. The highest BCUT2D eigenvalue weighted by Gasteiger charge is 2.31. The van der Waals surface area contributed by atoms with Crippen LogP contribution in [0.5, 0.6) is 0 Å². The lowest BCUT2D eigenvalue weighted by Crippen LogP contribution is -2.42. The largest absolute Gasteiger partial charge is 0.280 e. The highest BCUT2D eigenvalue weighted by atomic mass is 32.2. The summed E-state index contributed by atoms with van der Waals surface area (Å²) in [5.74, 6) is 0.0678. The summed E-state index contributed by atoms with van der Waals surface area (Å²) in [5.41, 5.74) is 2.87. The van der Waals surface area contributed by atoms with E-state index in [-0.39, 0.29) is 10.5 Å². The van der Waals surface area contributed by atoms with Crippen molar-refractivity contribution in [3.8, 4) is 0 Å². The molecule has 1 N–H and O–H groups in total. The smallest absolute Gasteiger partial charge is 0.267 e. The van der Waals surface area contributed by atoms with Crippen molar-refractivity contribution in [2.24, 2.45) is 11.8 Å². The quantitative estimate of drug-likeness (QED) is 0.672. The Balaban J connectivity index is 1.54. The third kappa shape index (κ3) is 4.24. The number of fused-ring (bicyclic) bond motifs is 1. The summed E-state index contributed by atoms with van der Waals surface area (Å²) in [4.78, 5) is 29.4. The monoisotopic (exact) mass is 440 g/mol. The minimum atomic E-state index is -3.62. The van der Waals surface area contributed by atoms with E-state index >= 15 is 0 Å². The van der Waals surface area contributed by atoms with Gasteiger partial charge in [-0.15, -0.1) is 0 Å². The van der Waals surface area contributed by atoms with Gasteiger partial charge in [0.1, 0.15) is 6.33 Å². The standard InChI is InChI=1S/C22H24N4O4S/c1-15-11-16(2)13-25(12-15)31(29,30)18-9-7-17(8-10-18)21(27)24-26-14-23-20-6-4-3-5-19(20)22(26)28/h3-10,14-16H,11-13H2,1-2H3,(H,24,27)/t15-,16+. The Morgan fingerprint density at radius 3 is 2.35 bits per heavy atom. The van der Waals surface area contributed by atoms with E-state index in [1.54, 1.807) is 24.3 Å². The molecular formula is C22H24N4O4S. The zero-order valence-electron chi connectivity index (χ0n) is 17.4. The van der Waals surface area contributed by atoms with Gasteiger partial charge in [-0.25, -0.2) is 18.1 Å². The molecule has 8 nitrogen and oxygen atoms in total. The van der Waals surface area contributed by atoms with Gasteiger partial charge in [-0.05, 0) is 54.7 Å². The van der Waals surface area contributed by atoms with E-state index in [9.17, 15) is 18.0 Å². The lowest BCUT2D eigenvalue weighted by Gasteiger charge is -2.34. The molecule has 9 heteroatoms. The van der Waals surface area contributed by atoms with E-state index in [2.05, 4.69) is 24.3 Å². The van der Waals surface area contributed by atoms with Crippen LogP contribution in [0, 0.1) is 11.8 Å². The van der Waals surface area contributed by atoms with Crippen molar-refractivity contribution < 1.29 is 13.2 Å². The molecule has 1 aromatic heterocycles. The molecule has 1 amide bonds. The number of piperidine rings is 1. The molecule has 0 unspecified atom stereocenters. The lowest BCUT2D eigenvalue weighted by atomic mass is 9.94. The maximum atomic E-state index is 13.0. The maximum Gasteiger partial charge on any atom is 0.280 e. The minimum Gasteiger partial charge on any atom is -0.267 e. The zero-order valence-corrected chi connectivity index (χ0v) is 18.2. The fraction of sp³-hybridized carbons (Fsp3) is 0.318. The van der Waals surface area contributed by atoms with Crippen molar-refractivity contribution >= 4 is 26.8 Å². The first-order valence-corrected chi connectivity index (χ1v) is 11.6. The second kappa shape index (κ2) is 8.24. The predicted molar refractivity (Wildman–Crippen MR) is 118 cm³/mol. The third-order valence-corrected chi connectivity index (χ3v) is 7.32. The molecule has 1 aliphatic rings. The molecule has 1 saturated heterocycles. The van der Waals surface area contributed by atoms with Crippen LogP contribution in [-0.4, -0.2) is 41.4 Å². The summed E-state index contributed by atoms with van der Waals surface area (Å²) in [6, 6.07) is 12.6. The van der Waals surface area contributed by atoms with Gasteiger partial charge in [-0.3, -0.25) is 15.0 Å². The van der Waals surface area contributed by atoms with Crippen molar-refractivity contribution in [2.75, 3.05) is 18.5 Å². The topological polar surface area (TPSA) is 101 Å². The second-order valence-electron chi connectivity index (χ2n) is 8.17. The number of para-hydroxylation sites is 1. The van der Waals surface area contributed by atoms with Crippen LogP contribution >= 0.6 is 0 Å². The van der Waals surface area contributed by atoms with Crippen LogP contribution in [0.4, 0.5) is 0 Å². The Bertz CT molecular complexity index is 1270. The van der Waals surface area contributed by atoms with Gasteiger partial charge in [0, 0.05) is 18.7 Å². The Morgan fingerprint density at radius 2 is 1.68 bits per heavy atom. The van der Waals surface area contributed by atoms with E-state index in [1.165, 1.54) is 34.9 Å². The Morgan fingerprint density at radius 1 is 1.03 bits per heavy atom. The normalized spacial score (nSPS) is 19.9. The fourth-order valence-electron chi connectivity index (χ4n) is 4.05. The number of aromatic nitrogens is 2.